The highest BCUT2D eigenvalue weighted by Gasteiger charge is 2.48. The van der Waals surface area contributed by atoms with Crippen molar-refractivity contribution in [1.82, 2.24) is 19.7 Å². The Labute approximate surface area is 335 Å². The molecular formula is C42H48F2N4O5S3. The minimum absolute atomic E-state index is 0.00261. The number of rotatable bonds is 6. The van der Waals surface area contributed by atoms with E-state index in [1.165, 1.54) is 24.3 Å². The predicted octanol–water partition coefficient (Wildman–Crippen LogP) is 9.04. The van der Waals surface area contributed by atoms with Gasteiger partial charge in [-0.15, -0.1) is 23.5 Å². The van der Waals surface area contributed by atoms with Gasteiger partial charge in [0.05, 0.1) is 39.6 Å². The smallest absolute Gasteiger partial charge is 0.308 e. The van der Waals surface area contributed by atoms with Gasteiger partial charge < -0.3 is 14.5 Å². The second-order valence-corrected chi connectivity index (χ2v) is 20.6. The van der Waals surface area contributed by atoms with Crippen molar-refractivity contribution in [1.29, 1.82) is 0 Å². The molecule has 298 valence electrons. The van der Waals surface area contributed by atoms with Gasteiger partial charge in [-0.05, 0) is 73.4 Å². The predicted molar refractivity (Wildman–Crippen MR) is 220 cm³/mol. The van der Waals surface area contributed by atoms with Gasteiger partial charge in [0.15, 0.2) is 33.1 Å². The highest BCUT2D eigenvalue weighted by Crippen LogP contribution is 2.52. The van der Waals surface area contributed by atoms with Crippen molar-refractivity contribution >= 4 is 50.2 Å². The van der Waals surface area contributed by atoms with Gasteiger partial charge in [0, 0.05) is 47.3 Å². The van der Waals surface area contributed by atoms with Gasteiger partial charge in [0.1, 0.15) is 11.6 Å². The van der Waals surface area contributed by atoms with Crippen LogP contribution in [0.3, 0.4) is 0 Å². The van der Waals surface area contributed by atoms with Gasteiger partial charge in [-0.3, -0.25) is 4.79 Å². The fourth-order valence-electron chi connectivity index (χ4n) is 8.17. The molecule has 3 aromatic carbocycles. The molecule has 0 radical (unpaired) electrons. The summed E-state index contributed by atoms with van der Waals surface area (Å²) in [6, 6.07) is 15.5. The number of nitrogens with zero attached hydrogens (tertiary/aromatic N) is 3. The average molecular weight is 823 g/mol. The number of nitrogens with one attached hydrogen (secondary N) is 1. The van der Waals surface area contributed by atoms with Crippen LogP contribution in [0.15, 0.2) is 60.8 Å². The summed E-state index contributed by atoms with van der Waals surface area (Å²) in [5.41, 5.74) is 1.68. The van der Waals surface area contributed by atoms with Crippen LogP contribution in [-0.4, -0.2) is 68.3 Å². The van der Waals surface area contributed by atoms with Gasteiger partial charge in [-0.25, -0.2) is 26.9 Å². The number of aryl methyl sites for hydroxylation is 2. The molecule has 4 heterocycles. The number of carbonyl (C=O) groups is 1. The van der Waals surface area contributed by atoms with Crippen molar-refractivity contribution in [3.8, 4) is 22.9 Å². The number of H-pyrrole nitrogens is 1. The number of thioether (sulfide) groups is 2. The second-order valence-electron chi connectivity index (χ2n) is 15.7. The zero-order valence-electron chi connectivity index (χ0n) is 32.4. The van der Waals surface area contributed by atoms with Gasteiger partial charge in [-0.2, -0.15) is 5.10 Å². The van der Waals surface area contributed by atoms with Gasteiger partial charge in [-0.1, -0.05) is 51.5 Å². The molecule has 0 saturated carbocycles. The number of hydrogen-bond donors (Lipinski definition) is 1. The van der Waals surface area contributed by atoms with Gasteiger partial charge >= 0.3 is 5.97 Å². The molecule has 1 fully saturated rings. The Balaban J connectivity index is 1.40. The molecule has 2 unspecified atom stereocenters. The summed E-state index contributed by atoms with van der Waals surface area (Å²) in [5, 5.41) is 5.71. The molecule has 2 aliphatic rings. The number of carbonyl (C=O) groups excluding carboxylic acids is 1. The number of hydrogen-bond acceptors (Lipinski definition) is 9. The van der Waals surface area contributed by atoms with E-state index in [0.29, 0.717) is 60.4 Å². The Kier molecular flexibility index (Phi) is 11.6. The molecule has 5 aromatic rings. The number of ether oxygens (including phenoxy) is 2. The molecule has 7 rings (SSSR count). The van der Waals surface area contributed by atoms with Crippen LogP contribution < -0.4 is 4.74 Å². The van der Waals surface area contributed by atoms with E-state index in [2.05, 4.69) is 17.1 Å². The third-order valence-corrected chi connectivity index (χ3v) is 16.2. The van der Waals surface area contributed by atoms with Crippen LogP contribution >= 0.6 is 23.5 Å². The first kappa shape index (κ1) is 40.3. The third kappa shape index (κ3) is 8.24. The molecule has 1 N–H and O–H groups in total. The molecule has 2 atom stereocenters. The van der Waals surface area contributed by atoms with E-state index >= 15 is 8.78 Å². The van der Waals surface area contributed by atoms with Crippen LogP contribution in [0.4, 0.5) is 8.78 Å². The molecule has 2 aliphatic heterocycles. The molecule has 0 spiro atoms. The number of halogens is 2. The highest BCUT2D eigenvalue weighted by molar-refractivity contribution is 8.20. The average Bonchev–Trinajstić information content (AvgIpc) is 3.93. The Morgan fingerprint density at radius 1 is 1.09 bits per heavy atom. The fraction of sp³-hybridized carbons (Fsp3) is 0.452. The van der Waals surface area contributed by atoms with Crippen LogP contribution in [0, 0.1) is 23.0 Å². The molecular weight excluding hydrogens is 775 g/mol. The third-order valence-electron chi connectivity index (χ3n) is 10.8. The summed E-state index contributed by atoms with van der Waals surface area (Å²) in [5.74, 6) is 0.698. The summed E-state index contributed by atoms with van der Waals surface area (Å²) in [4.78, 5) is 20.8. The summed E-state index contributed by atoms with van der Waals surface area (Å²) in [6.07, 6.45) is 4.06. The zero-order chi connectivity index (χ0) is 39.8. The van der Waals surface area contributed by atoms with Crippen LogP contribution in [0.2, 0.25) is 0 Å². The Bertz CT molecular complexity index is 2360. The largest absolute Gasteiger partial charge is 0.466 e. The monoisotopic (exact) mass is 822 g/mol. The van der Waals surface area contributed by atoms with Crippen molar-refractivity contribution in [2.24, 2.45) is 18.4 Å². The van der Waals surface area contributed by atoms with E-state index in [9.17, 15) is 13.2 Å². The summed E-state index contributed by atoms with van der Waals surface area (Å²) in [6.45, 7) is 7.93. The minimum atomic E-state index is -3.61. The summed E-state index contributed by atoms with van der Waals surface area (Å²) >= 11 is 3.68. The van der Waals surface area contributed by atoms with Crippen LogP contribution in [-0.2, 0) is 44.7 Å². The van der Waals surface area contributed by atoms with Gasteiger partial charge in [0.2, 0.25) is 0 Å². The molecule has 56 heavy (non-hydrogen) atoms. The van der Waals surface area contributed by atoms with Crippen molar-refractivity contribution in [3.05, 3.63) is 94.9 Å². The lowest BCUT2D eigenvalue weighted by atomic mass is 9.74. The van der Waals surface area contributed by atoms with Crippen LogP contribution in [0.25, 0.3) is 22.3 Å². The lowest BCUT2D eigenvalue weighted by Gasteiger charge is -2.38. The van der Waals surface area contributed by atoms with Crippen molar-refractivity contribution < 1.29 is 31.5 Å². The maximum absolute atomic E-state index is 15.9. The highest BCUT2D eigenvalue weighted by atomic mass is 32.2. The lowest BCUT2D eigenvalue weighted by Crippen LogP contribution is -2.38. The quantitative estimate of drug-likeness (QED) is 0.168. The first-order chi connectivity index (χ1) is 26.7. The maximum Gasteiger partial charge on any atom is 0.308 e. The number of sulfone groups is 1. The molecule has 9 nitrogen and oxygen atoms in total. The fourth-order valence-corrected chi connectivity index (χ4v) is 13.6. The zero-order valence-corrected chi connectivity index (χ0v) is 34.8. The number of aromatic nitrogens is 4. The van der Waals surface area contributed by atoms with E-state index in [1.807, 2.05) is 56.4 Å². The second kappa shape index (κ2) is 16.2. The lowest BCUT2D eigenvalue weighted by molar-refractivity contribution is -0.147. The molecule has 14 heteroatoms. The SMILES string of the molecule is CCOC(=O)C(C)Cc1cccc(C2(C3SCCS3)CCCC(C)(C)CS(=O)(=O)CCc3c(c(F)cc4[nH]ccc34)Oc3ccc(F)c(c3)-c3nc2nn3C)c1. The Hall–Kier alpha value is -3.88. The standard InChI is InChI=1S/C42H48F2N4O5S3/c1-6-52-38(49)26(2)21-27-9-7-10-28(22-27)42(40-54-18-19-55-40)16-8-15-41(3,4)25-56(50,51)20-14-31-30-13-17-45-35(30)24-34(44)36(31)53-29-11-12-33(43)32(23-29)37-46-39(42)47-48(37)5/h7,9-13,17,22-24,26,40,45H,6,8,14-16,18-21,25H2,1-5H3. The van der Waals surface area contributed by atoms with E-state index in [4.69, 9.17) is 19.6 Å². The number of esters is 1. The number of benzene rings is 3. The van der Waals surface area contributed by atoms with Crippen molar-refractivity contribution in [2.45, 2.75) is 69.8 Å². The first-order valence-electron chi connectivity index (χ1n) is 19.1. The molecule has 0 aliphatic carbocycles. The van der Waals surface area contributed by atoms with Crippen LogP contribution in [0.5, 0.6) is 11.5 Å². The topological polar surface area (TPSA) is 116 Å². The number of aromatic amines is 1. The van der Waals surface area contributed by atoms with E-state index in [0.717, 1.165) is 22.6 Å². The van der Waals surface area contributed by atoms with Crippen molar-refractivity contribution in [3.63, 3.8) is 0 Å². The number of fused-ring (bicyclic) bond motifs is 8. The molecule has 1 saturated heterocycles. The van der Waals surface area contributed by atoms with Crippen LogP contribution in [0.1, 0.15) is 69.5 Å². The van der Waals surface area contributed by atoms with Gasteiger partial charge in [0.25, 0.3) is 0 Å². The molecule has 4 bridgehead atoms. The summed E-state index contributed by atoms with van der Waals surface area (Å²) in [7, 11) is -1.87. The van der Waals surface area contributed by atoms with E-state index in [1.54, 1.807) is 30.9 Å². The molecule has 2 aromatic heterocycles. The van der Waals surface area contributed by atoms with Crippen molar-refractivity contribution in [2.75, 3.05) is 29.6 Å². The molecule has 0 amide bonds. The normalized spacial score (nSPS) is 20.8. The first-order valence-corrected chi connectivity index (χ1v) is 23.0. The summed E-state index contributed by atoms with van der Waals surface area (Å²) < 4.78 is 72.7. The Morgan fingerprint density at radius 3 is 2.64 bits per heavy atom. The van der Waals surface area contributed by atoms with E-state index < -0.39 is 32.3 Å². The maximum atomic E-state index is 15.9. The Morgan fingerprint density at radius 2 is 1.88 bits per heavy atom. The van der Waals surface area contributed by atoms with E-state index in [-0.39, 0.29) is 51.5 Å². The minimum Gasteiger partial charge on any atom is -0.466 e.